The molecule has 7 nitrogen and oxygen atoms in total. The monoisotopic (exact) mass is 342 g/mol. The van der Waals surface area contributed by atoms with E-state index in [1.807, 2.05) is 0 Å². The number of likely N-dealkylation sites (tertiary alicyclic amines) is 1. The smallest absolute Gasteiger partial charge is 0.290 e. The highest BCUT2D eigenvalue weighted by molar-refractivity contribution is 5.88. The average molecular weight is 342 g/mol. The number of carbonyl (C=O) groups excluding carboxylic acids is 1. The van der Waals surface area contributed by atoms with Crippen LogP contribution in [0.5, 0.6) is 5.75 Å². The van der Waals surface area contributed by atoms with Crippen molar-refractivity contribution in [2.24, 2.45) is 5.73 Å². The Morgan fingerprint density at radius 3 is 3.04 bits per heavy atom. The molecule has 0 saturated carbocycles. The zero-order chi connectivity index (χ0) is 17.6. The Morgan fingerprint density at radius 2 is 2.28 bits per heavy atom. The second-order valence-corrected chi connectivity index (χ2v) is 7.43. The zero-order valence-electron chi connectivity index (χ0n) is 14.5. The van der Waals surface area contributed by atoms with E-state index >= 15 is 0 Å². The van der Waals surface area contributed by atoms with E-state index in [1.54, 1.807) is 0 Å². The van der Waals surface area contributed by atoms with Crippen molar-refractivity contribution in [1.82, 2.24) is 15.0 Å². The van der Waals surface area contributed by atoms with Crippen LogP contribution in [0.15, 0.2) is 22.7 Å². The molecule has 4 rings (SSSR count). The van der Waals surface area contributed by atoms with Gasteiger partial charge < -0.3 is 15.0 Å². The zero-order valence-corrected chi connectivity index (χ0v) is 14.5. The summed E-state index contributed by atoms with van der Waals surface area (Å²) in [6, 6.07) is 6.42. The Labute approximate surface area is 146 Å². The Balaban J connectivity index is 1.51. The molecule has 1 unspecified atom stereocenters. The number of nitrogens with two attached hydrogens (primary N) is 1. The number of hydrogen-bond donors (Lipinski definition) is 1. The lowest BCUT2D eigenvalue weighted by atomic mass is 10.00. The summed E-state index contributed by atoms with van der Waals surface area (Å²) in [5, 5.41) is 3.66. The lowest BCUT2D eigenvalue weighted by molar-refractivity contribution is 0.0987. The number of carbonyl (C=O) groups is 1. The van der Waals surface area contributed by atoms with Gasteiger partial charge in [0.05, 0.1) is 6.04 Å². The normalized spacial score (nSPS) is 21.9. The quantitative estimate of drug-likeness (QED) is 0.915. The fraction of sp³-hybridized carbons (Fsp3) is 0.500. The predicted octanol–water partition coefficient (Wildman–Crippen LogP) is 2.22. The number of aromatic nitrogens is 2. The SMILES string of the molecule is CC1(C)Cc2cc(CN3CCCC3c3nc(C(N)=O)no3)ccc2O1. The first kappa shape index (κ1) is 16.1. The largest absolute Gasteiger partial charge is 0.487 e. The second kappa shape index (κ2) is 5.84. The molecule has 0 radical (unpaired) electrons. The summed E-state index contributed by atoms with van der Waals surface area (Å²) in [5.74, 6) is 0.728. The molecule has 0 aliphatic carbocycles. The highest BCUT2D eigenvalue weighted by Crippen LogP contribution is 2.37. The topological polar surface area (TPSA) is 94.5 Å². The van der Waals surface area contributed by atoms with Crippen molar-refractivity contribution < 1.29 is 14.1 Å². The minimum Gasteiger partial charge on any atom is -0.487 e. The molecule has 1 aromatic heterocycles. The molecule has 2 aromatic rings. The van der Waals surface area contributed by atoms with Crippen LogP contribution in [0.25, 0.3) is 0 Å². The Hall–Kier alpha value is -2.41. The van der Waals surface area contributed by atoms with Crippen molar-refractivity contribution in [3.05, 3.63) is 41.0 Å². The average Bonchev–Trinajstić information content (AvgIpc) is 3.23. The fourth-order valence-electron chi connectivity index (χ4n) is 3.76. The maximum Gasteiger partial charge on any atom is 0.290 e. The first-order valence-electron chi connectivity index (χ1n) is 8.59. The molecule has 2 N–H and O–H groups in total. The lowest BCUT2D eigenvalue weighted by Gasteiger charge is -2.21. The number of amides is 1. The first-order chi connectivity index (χ1) is 11.9. The highest BCUT2D eigenvalue weighted by atomic mass is 16.5. The lowest BCUT2D eigenvalue weighted by Crippen LogP contribution is -2.24. The summed E-state index contributed by atoms with van der Waals surface area (Å²) >= 11 is 0. The van der Waals surface area contributed by atoms with Gasteiger partial charge in [0, 0.05) is 13.0 Å². The molecule has 7 heteroatoms. The van der Waals surface area contributed by atoms with E-state index in [1.165, 1.54) is 11.1 Å². The Kier molecular flexibility index (Phi) is 3.76. The molecule has 1 aromatic carbocycles. The fourth-order valence-corrected chi connectivity index (χ4v) is 3.76. The Bertz CT molecular complexity index is 814. The molecular formula is C18H22N4O3. The van der Waals surface area contributed by atoms with E-state index in [2.05, 4.69) is 47.1 Å². The van der Waals surface area contributed by atoms with Crippen molar-refractivity contribution in [3.8, 4) is 5.75 Å². The van der Waals surface area contributed by atoms with Crippen LogP contribution in [0, 0.1) is 0 Å². The van der Waals surface area contributed by atoms with Gasteiger partial charge in [0.25, 0.3) is 11.7 Å². The molecule has 1 saturated heterocycles. The van der Waals surface area contributed by atoms with Crippen LogP contribution in [0.1, 0.15) is 60.4 Å². The van der Waals surface area contributed by atoms with E-state index in [9.17, 15) is 4.79 Å². The summed E-state index contributed by atoms with van der Waals surface area (Å²) in [5.41, 5.74) is 7.57. The van der Waals surface area contributed by atoms with Gasteiger partial charge in [-0.15, -0.1) is 0 Å². The second-order valence-electron chi connectivity index (χ2n) is 7.43. The third kappa shape index (κ3) is 3.11. The third-order valence-corrected chi connectivity index (χ3v) is 4.82. The summed E-state index contributed by atoms with van der Waals surface area (Å²) in [4.78, 5) is 17.6. The van der Waals surface area contributed by atoms with Gasteiger partial charge >= 0.3 is 0 Å². The molecule has 132 valence electrons. The van der Waals surface area contributed by atoms with E-state index in [0.717, 1.165) is 38.1 Å². The van der Waals surface area contributed by atoms with Gasteiger partial charge in [-0.2, -0.15) is 4.98 Å². The van der Waals surface area contributed by atoms with Gasteiger partial charge in [0.2, 0.25) is 5.89 Å². The highest BCUT2D eigenvalue weighted by Gasteiger charge is 2.33. The van der Waals surface area contributed by atoms with Crippen molar-refractivity contribution in [2.45, 2.75) is 51.3 Å². The minimum absolute atomic E-state index is 0.0292. The molecule has 25 heavy (non-hydrogen) atoms. The molecule has 3 heterocycles. The number of fused-ring (bicyclic) bond motifs is 1. The van der Waals surface area contributed by atoms with Gasteiger partial charge in [-0.25, -0.2) is 0 Å². The van der Waals surface area contributed by atoms with Gasteiger partial charge in [0.1, 0.15) is 11.4 Å². The summed E-state index contributed by atoms with van der Waals surface area (Å²) in [7, 11) is 0. The molecule has 2 aliphatic rings. The summed E-state index contributed by atoms with van der Waals surface area (Å²) in [6.07, 6.45) is 2.91. The van der Waals surface area contributed by atoms with Crippen molar-refractivity contribution in [1.29, 1.82) is 0 Å². The number of benzene rings is 1. The molecule has 1 amide bonds. The van der Waals surface area contributed by atoms with Crippen LogP contribution < -0.4 is 10.5 Å². The predicted molar refractivity (Wildman–Crippen MR) is 90.1 cm³/mol. The Morgan fingerprint density at radius 1 is 1.44 bits per heavy atom. The molecular weight excluding hydrogens is 320 g/mol. The van der Waals surface area contributed by atoms with Crippen molar-refractivity contribution in [2.75, 3.05) is 6.54 Å². The molecule has 0 spiro atoms. The van der Waals surface area contributed by atoms with E-state index in [4.69, 9.17) is 15.0 Å². The maximum atomic E-state index is 11.2. The van der Waals surface area contributed by atoms with Gasteiger partial charge in [0.15, 0.2) is 0 Å². The van der Waals surface area contributed by atoms with Crippen LogP contribution in [0.4, 0.5) is 0 Å². The number of ether oxygens (including phenoxy) is 1. The number of rotatable bonds is 4. The van der Waals surface area contributed by atoms with Crippen molar-refractivity contribution >= 4 is 5.91 Å². The summed E-state index contributed by atoms with van der Waals surface area (Å²) in [6.45, 7) is 5.97. The molecule has 2 aliphatic heterocycles. The van der Waals surface area contributed by atoms with E-state index in [0.29, 0.717) is 5.89 Å². The van der Waals surface area contributed by atoms with Crippen molar-refractivity contribution in [3.63, 3.8) is 0 Å². The number of nitrogens with zero attached hydrogens (tertiary/aromatic N) is 3. The third-order valence-electron chi connectivity index (χ3n) is 4.82. The van der Waals surface area contributed by atoms with Gasteiger partial charge in [-0.05, 0) is 50.4 Å². The van der Waals surface area contributed by atoms with Crippen LogP contribution in [-0.2, 0) is 13.0 Å². The number of primary amides is 1. The standard InChI is InChI=1S/C18H22N4O3/c1-18(2)9-12-8-11(5-6-14(12)24-18)10-22-7-3-4-13(22)17-20-16(15(19)23)21-25-17/h5-6,8,13H,3-4,7,9-10H2,1-2H3,(H2,19,23). The summed E-state index contributed by atoms with van der Waals surface area (Å²) < 4.78 is 11.2. The van der Waals surface area contributed by atoms with Gasteiger partial charge in [-0.1, -0.05) is 17.3 Å². The molecule has 1 fully saturated rings. The number of hydrogen-bond acceptors (Lipinski definition) is 6. The van der Waals surface area contributed by atoms with Crippen LogP contribution in [0.3, 0.4) is 0 Å². The van der Waals surface area contributed by atoms with E-state index in [-0.39, 0.29) is 17.5 Å². The maximum absolute atomic E-state index is 11.2. The van der Waals surface area contributed by atoms with Gasteiger partial charge in [-0.3, -0.25) is 9.69 Å². The first-order valence-corrected chi connectivity index (χ1v) is 8.59. The van der Waals surface area contributed by atoms with Crippen LogP contribution in [0.2, 0.25) is 0 Å². The van der Waals surface area contributed by atoms with E-state index < -0.39 is 5.91 Å². The molecule has 0 bridgehead atoms. The molecule has 1 atom stereocenters. The minimum atomic E-state index is -0.666. The van der Waals surface area contributed by atoms with Crippen LogP contribution in [-0.4, -0.2) is 33.1 Å². The van der Waals surface area contributed by atoms with Crippen LogP contribution >= 0.6 is 0 Å².